The molecule has 0 bridgehead atoms. The summed E-state index contributed by atoms with van der Waals surface area (Å²) in [7, 11) is 0. The summed E-state index contributed by atoms with van der Waals surface area (Å²) in [5, 5.41) is 26.5. The van der Waals surface area contributed by atoms with E-state index in [2.05, 4.69) is 15.4 Å². The molecule has 6 nitrogen and oxygen atoms in total. The zero-order chi connectivity index (χ0) is 10.6. The topological polar surface area (TPSA) is 99.1 Å². The van der Waals surface area contributed by atoms with Gasteiger partial charge in [0.25, 0.3) is 5.97 Å². The van der Waals surface area contributed by atoms with Gasteiger partial charge in [-0.05, 0) is 12.1 Å². The Hall–Kier alpha value is -2.11. The van der Waals surface area contributed by atoms with Crippen molar-refractivity contribution in [3.8, 4) is 5.75 Å². The predicted octanol–water partition coefficient (Wildman–Crippen LogP) is 0.754. The predicted molar refractivity (Wildman–Crippen MR) is 48.9 cm³/mol. The van der Waals surface area contributed by atoms with E-state index in [0.717, 1.165) is 6.92 Å². The van der Waals surface area contributed by atoms with E-state index in [9.17, 15) is 0 Å². The number of fused-ring (bicyclic) bond motifs is 1. The highest BCUT2D eigenvalue weighted by Gasteiger charge is 1.99. The number of phenols is 1. The Balaban J connectivity index is 0.000000213. The molecule has 1 heterocycles. The van der Waals surface area contributed by atoms with Gasteiger partial charge in [-0.3, -0.25) is 4.79 Å². The largest absolute Gasteiger partial charge is 0.506 e. The molecule has 0 atom stereocenters. The molecule has 0 saturated carbocycles. The van der Waals surface area contributed by atoms with Crippen LogP contribution in [0.1, 0.15) is 6.92 Å². The molecule has 1 aromatic carbocycles. The molecule has 74 valence electrons. The van der Waals surface area contributed by atoms with Crippen molar-refractivity contribution in [3.63, 3.8) is 0 Å². The molecule has 2 aromatic rings. The van der Waals surface area contributed by atoms with E-state index in [4.69, 9.17) is 15.0 Å². The number of phenolic OH excluding ortho intramolecular Hbond substituents is 1. The van der Waals surface area contributed by atoms with Crippen LogP contribution in [-0.2, 0) is 4.79 Å². The van der Waals surface area contributed by atoms with Crippen molar-refractivity contribution in [3.05, 3.63) is 18.2 Å². The molecule has 3 N–H and O–H groups in total. The molecule has 0 aliphatic carbocycles. The molecule has 0 aliphatic heterocycles. The third-order valence-corrected chi connectivity index (χ3v) is 1.33. The number of aromatic hydroxyl groups is 1. The highest BCUT2D eigenvalue weighted by Crippen LogP contribution is 2.18. The Morgan fingerprint density at radius 1 is 1.43 bits per heavy atom. The first-order chi connectivity index (χ1) is 6.61. The molecule has 0 fully saturated rings. The molecule has 0 unspecified atom stereocenters. The first kappa shape index (κ1) is 9.97. The molecule has 14 heavy (non-hydrogen) atoms. The number of hydrogen-bond acceptors (Lipinski definition) is 4. The number of aliphatic carboxylic acids is 1. The summed E-state index contributed by atoms with van der Waals surface area (Å²) < 4.78 is 0. The van der Waals surface area contributed by atoms with Gasteiger partial charge in [0.1, 0.15) is 11.3 Å². The van der Waals surface area contributed by atoms with Crippen LogP contribution in [0, 0.1) is 0 Å². The van der Waals surface area contributed by atoms with Crippen molar-refractivity contribution in [2.45, 2.75) is 6.92 Å². The maximum atomic E-state index is 9.14. The number of aromatic nitrogens is 3. The third-order valence-electron chi connectivity index (χ3n) is 1.33. The second-order valence-electron chi connectivity index (χ2n) is 2.49. The molecule has 2 rings (SSSR count). The number of nitrogens with zero attached hydrogens (tertiary/aromatic N) is 2. The average Bonchev–Trinajstić information content (AvgIpc) is 2.52. The van der Waals surface area contributed by atoms with Gasteiger partial charge in [-0.25, -0.2) is 0 Å². The highest BCUT2D eigenvalue weighted by molar-refractivity contribution is 5.79. The van der Waals surface area contributed by atoms with Crippen molar-refractivity contribution in [2.24, 2.45) is 0 Å². The van der Waals surface area contributed by atoms with Crippen molar-refractivity contribution in [2.75, 3.05) is 0 Å². The van der Waals surface area contributed by atoms with Gasteiger partial charge in [-0.1, -0.05) is 6.07 Å². The Bertz CT molecular complexity index is 434. The van der Waals surface area contributed by atoms with Gasteiger partial charge in [0.05, 0.1) is 0 Å². The van der Waals surface area contributed by atoms with E-state index in [1.165, 1.54) is 0 Å². The average molecular weight is 195 g/mol. The fraction of sp³-hybridized carbons (Fsp3) is 0.125. The SMILES string of the molecule is CC(=O)O.Oc1cccc2n[nH]nc12. The molecule has 1 aromatic heterocycles. The summed E-state index contributed by atoms with van der Waals surface area (Å²) in [4.78, 5) is 9.00. The van der Waals surface area contributed by atoms with Crippen LogP contribution >= 0.6 is 0 Å². The molecule has 6 heteroatoms. The van der Waals surface area contributed by atoms with Gasteiger partial charge in [-0.2, -0.15) is 15.4 Å². The maximum Gasteiger partial charge on any atom is 0.300 e. The zero-order valence-electron chi connectivity index (χ0n) is 7.43. The van der Waals surface area contributed by atoms with Crippen LogP contribution in [-0.4, -0.2) is 31.6 Å². The monoisotopic (exact) mass is 195 g/mol. The molecule has 0 spiro atoms. The van der Waals surface area contributed by atoms with E-state index in [-0.39, 0.29) is 5.75 Å². The molecular formula is C8H9N3O3. The Kier molecular flexibility index (Phi) is 3.01. The number of hydrogen-bond donors (Lipinski definition) is 3. The zero-order valence-corrected chi connectivity index (χ0v) is 7.43. The minimum atomic E-state index is -0.833. The van der Waals surface area contributed by atoms with Crippen LogP contribution in [0.3, 0.4) is 0 Å². The number of H-pyrrole nitrogens is 1. The smallest absolute Gasteiger partial charge is 0.300 e. The fourth-order valence-corrected chi connectivity index (χ4v) is 0.853. The van der Waals surface area contributed by atoms with Gasteiger partial charge in [0.2, 0.25) is 0 Å². The van der Waals surface area contributed by atoms with Crippen LogP contribution in [0.5, 0.6) is 5.75 Å². The number of rotatable bonds is 0. The Morgan fingerprint density at radius 3 is 2.64 bits per heavy atom. The lowest BCUT2D eigenvalue weighted by molar-refractivity contribution is -0.134. The van der Waals surface area contributed by atoms with Gasteiger partial charge < -0.3 is 10.2 Å². The summed E-state index contributed by atoms with van der Waals surface area (Å²) in [5.41, 5.74) is 1.20. The minimum Gasteiger partial charge on any atom is -0.506 e. The van der Waals surface area contributed by atoms with Gasteiger partial charge >= 0.3 is 0 Å². The number of nitrogens with one attached hydrogen (secondary N) is 1. The van der Waals surface area contributed by atoms with Crippen molar-refractivity contribution >= 4 is 17.0 Å². The van der Waals surface area contributed by atoms with Crippen LogP contribution in [0.25, 0.3) is 11.0 Å². The lowest BCUT2D eigenvalue weighted by Crippen LogP contribution is -1.78. The standard InChI is InChI=1S/C6H5N3O.C2H4O2/c10-5-3-1-2-4-6(5)8-9-7-4;1-2(3)4/h1-3,10H,(H,7,8,9);1H3,(H,3,4). The Labute approximate surface area is 79.2 Å². The van der Waals surface area contributed by atoms with Gasteiger partial charge in [0, 0.05) is 6.92 Å². The van der Waals surface area contributed by atoms with Crippen molar-refractivity contribution in [1.29, 1.82) is 0 Å². The number of carbonyl (C=O) groups is 1. The normalized spacial score (nSPS) is 9.21. The maximum absolute atomic E-state index is 9.14. The molecule has 0 saturated heterocycles. The van der Waals surface area contributed by atoms with Crippen molar-refractivity contribution < 1.29 is 15.0 Å². The minimum absolute atomic E-state index is 0.159. The van der Waals surface area contributed by atoms with Crippen LogP contribution in [0.4, 0.5) is 0 Å². The number of aromatic amines is 1. The lowest BCUT2D eigenvalue weighted by Gasteiger charge is -1.87. The molecule has 0 amide bonds. The summed E-state index contributed by atoms with van der Waals surface area (Å²) in [5.74, 6) is -0.675. The van der Waals surface area contributed by atoms with E-state index in [0.29, 0.717) is 11.0 Å². The number of benzene rings is 1. The van der Waals surface area contributed by atoms with Gasteiger partial charge in [0.15, 0.2) is 5.52 Å². The first-order valence-electron chi connectivity index (χ1n) is 3.79. The summed E-state index contributed by atoms with van der Waals surface area (Å²) in [6.07, 6.45) is 0. The number of para-hydroxylation sites is 1. The van der Waals surface area contributed by atoms with Crippen LogP contribution in [0.15, 0.2) is 18.2 Å². The van der Waals surface area contributed by atoms with Crippen molar-refractivity contribution in [1.82, 2.24) is 15.4 Å². The highest BCUT2D eigenvalue weighted by atomic mass is 16.4. The summed E-state index contributed by atoms with van der Waals surface area (Å²) in [6.45, 7) is 1.08. The summed E-state index contributed by atoms with van der Waals surface area (Å²) in [6, 6.07) is 5.07. The molecule has 0 aliphatic rings. The quantitative estimate of drug-likeness (QED) is 0.576. The Morgan fingerprint density at radius 2 is 2.07 bits per heavy atom. The second kappa shape index (κ2) is 4.22. The van der Waals surface area contributed by atoms with E-state index in [1.54, 1.807) is 18.2 Å². The number of carboxylic acids is 1. The second-order valence-corrected chi connectivity index (χ2v) is 2.49. The number of carboxylic acid groups (broad SMARTS) is 1. The van der Waals surface area contributed by atoms with Gasteiger partial charge in [-0.15, -0.1) is 0 Å². The fourth-order valence-electron chi connectivity index (χ4n) is 0.853. The third kappa shape index (κ3) is 2.44. The molecular weight excluding hydrogens is 186 g/mol. The van der Waals surface area contributed by atoms with Crippen LogP contribution in [0.2, 0.25) is 0 Å². The lowest BCUT2D eigenvalue weighted by atomic mass is 10.3. The first-order valence-corrected chi connectivity index (χ1v) is 3.79. The van der Waals surface area contributed by atoms with E-state index < -0.39 is 5.97 Å². The summed E-state index contributed by atoms with van der Waals surface area (Å²) >= 11 is 0. The molecule has 0 radical (unpaired) electrons. The van der Waals surface area contributed by atoms with E-state index >= 15 is 0 Å². The van der Waals surface area contributed by atoms with E-state index in [1.807, 2.05) is 0 Å². The van der Waals surface area contributed by atoms with Crippen LogP contribution < -0.4 is 0 Å².